The molecule has 1 aromatic heterocycles. The monoisotopic (exact) mass is 364 g/mol. The zero-order valence-corrected chi connectivity index (χ0v) is 15.1. The van der Waals surface area contributed by atoms with Crippen molar-refractivity contribution in [3.05, 3.63) is 53.4 Å². The molecule has 0 saturated carbocycles. The molecular weight excluding hydrogens is 344 g/mol. The van der Waals surface area contributed by atoms with Gasteiger partial charge in [-0.15, -0.1) is 11.3 Å². The Morgan fingerprint density at radius 1 is 1.25 bits per heavy atom. The predicted octanol–water partition coefficient (Wildman–Crippen LogP) is 2.56. The van der Waals surface area contributed by atoms with Gasteiger partial charge in [-0.25, -0.2) is 8.42 Å². The Morgan fingerprint density at radius 2 is 2.00 bits per heavy atom. The maximum Gasteiger partial charge on any atom is 0.253 e. The highest BCUT2D eigenvalue weighted by Gasteiger charge is 2.40. The van der Waals surface area contributed by atoms with Gasteiger partial charge in [-0.2, -0.15) is 4.31 Å². The smallest absolute Gasteiger partial charge is 0.253 e. The predicted molar refractivity (Wildman–Crippen MR) is 94.1 cm³/mol. The average molecular weight is 364 g/mol. The molecule has 128 valence electrons. The molecule has 3 rings (SSSR count). The molecule has 0 spiro atoms. The first kappa shape index (κ1) is 17.1. The van der Waals surface area contributed by atoms with Gasteiger partial charge in [-0.05, 0) is 29.9 Å². The van der Waals surface area contributed by atoms with Crippen molar-refractivity contribution >= 4 is 27.3 Å². The third-order valence-corrected chi connectivity index (χ3v) is 7.47. The minimum Gasteiger partial charge on any atom is -0.340 e. The number of benzene rings is 1. The van der Waals surface area contributed by atoms with Crippen LogP contribution in [0.15, 0.2) is 52.1 Å². The number of hydrogen-bond donors (Lipinski definition) is 0. The number of likely N-dealkylation sites (N-methyl/N-ethyl adjacent to an activating group) is 1. The highest BCUT2D eigenvalue weighted by atomic mass is 32.2. The summed E-state index contributed by atoms with van der Waals surface area (Å²) in [5, 5.41) is 1.74. The number of thiophene rings is 1. The Kier molecular flexibility index (Phi) is 5.03. The van der Waals surface area contributed by atoms with E-state index in [9.17, 15) is 13.2 Å². The minimum atomic E-state index is -3.59. The van der Waals surface area contributed by atoms with Crippen LogP contribution in [-0.4, -0.2) is 43.2 Å². The van der Waals surface area contributed by atoms with Crippen LogP contribution in [0.5, 0.6) is 0 Å². The van der Waals surface area contributed by atoms with Crippen molar-refractivity contribution in [2.45, 2.75) is 29.6 Å². The van der Waals surface area contributed by atoms with Gasteiger partial charge in [-0.3, -0.25) is 4.79 Å². The van der Waals surface area contributed by atoms with E-state index in [1.807, 2.05) is 30.3 Å². The Morgan fingerprint density at radius 3 is 2.67 bits per heavy atom. The van der Waals surface area contributed by atoms with Crippen molar-refractivity contribution in [2.24, 2.45) is 0 Å². The van der Waals surface area contributed by atoms with Crippen LogP contribution >= 0.6 is 11.3 Å². The van der Waals surface area contributed by atoms with Gasteiger partial charge in [0.2, 0.25) is 5.91 Å². The molecule has 0 aliphatic carbocycles. The Balaban J connectivity index is 1.76. The molecule has 1 aliphatic rings. The van der Waals surface area contributed by atoms with Crippen LogP contribution in [0.1, 0.15) is 18.4 Å². The van der Waals surface area contributed by atoms with E-state index in [-0.39, 0.29) is 5.91 Å². The van der Waals surface area contributed by atoms with Crippen molar-refractivity contribution in [2.75, 3.05) is 13.6 Å². The van der Waals surface area contributed by atoms with Gasteiger partial charge in [-0.1, -0.05) is 36.4 Å². The number of rotatable bonds is 5. The third kappa shape index (κ3) is 3.38. The maximum atomic E-state index is 12.8. The van der Waals surface area contributed by atoms with Crippen molar-refractivity contribution in [1.82, 2.24) is 9.21 Å². The van der Waals surface area contributed by atoms with Gasteiger partial charge in [0.1, 0.15) is 10.3 Å². The fraction of sp³-hybridized carbons (Fsp3) is 0.353. The SMILES string of the molecule is CN(Cc1ccccc1)C(=O)C1CCCN1S(=O)(=O)c1cccs1. The molecule has 1 aromatic carbocycles. The largest absolute Gasteiger partial charge is 0.340 e. The number of nitrogens with zero attached hydrogens (tertiary/aromatic N) is 2. The molecule has 2 aromatic rings. The molecule has 1 atom stereocenters. The lowest BCUT2D eigenvalue weighted by atomic mass is 10.1. The van der Waals surface area contributed by atoms with Crippen molar-refractivity contribution < 1.29 is 13.2 Å². The summed E-state index contributed by atoms with van der Waals surface area (Å²) in [6.07, 6.45) is 1.28. The zero-order valence-electron chi connectivity index (χ0n) is 13.5. The van der Waals surface area contributed by atoms with Crippen LogP contribution in [0.3, 0.4) is 0 Å². The molecular formula is C17H20N2O3S2. The Labute approximate surface area is 146 Å². The lowest BCUT2D eigenvalue weighted by molar-refractivity contribution is -0.133. The zero-order chi connectivity index (χ0) is 17.2. The standard InChI is InChI=1S/C17H20N2O3S2/c1-18(13-14-7-3-2-4-8-14)17(20)15-9-5-11-19(15)24(21,22)16-10-6-12-23-16/h2-4,6-8,10,12,15H,5,9,11,13H2,1H3. The normalized spacial score (nSPS) is 18.6. The van der Waals surface area contributed by atoms with Crippen molar-refractivity contribution in [3.8, 4) is 0 Å². The van der Waals surface area contributed by atoms with E-state index in [1.54, 1.807) is 29.5 Å². The van der Waals surface area contributed by atoms with Crippen molar-refractivity contribution in [3.63, 3.8) is 0 Å². The summed E-state index contributed by atoms with van der Waals surface area (Å²) in [6, 6.07) is 12.4. The van der Waals surface area contributed by atoms with Crippen molar-refractivity contribution in [1.29, 1.82) is 0 Å². The second-order valence-corrected chi connectivity index (χ2v) is 8.95. The summed E-state index contributed by atoms with van der Waals surface area (Å²) in [5.41, 5.74) is 1.03. The van der Waals surface area contributed by atoms with E-state index >= 15 is 0 Å². The molecule has 1 amide bonds. The molecule has 1 saturated heterocycles. The fourth-order valence-corrected chi connectivity index (χ4v) is 5.76. The number of hydrogen-bond acceptors (Lipinski definition) is 4. The van der Waals surface area contributed by atoms with E-state index in [0.717, 1.165) is 5.56 Å². The first-order valence-corrected chi connectivity index (χ1v) is 10.2. The summed E-state index contributed by atoms with van der Waals surface area (Å²) in [4.78, 5) is 14.4. The first-order valence-electron chi connectivity index (χ1n) is 7.84. The second kappa shape index (κ2) is 7.04. The quantitative estimate of drug-likeness (QED) is 0.819. The summed E-state index contributed by atoms with van der Waals surface area (Å²) in [5.74, 6) is -0.142. The van der Waals surface area contributed by atoms with Gasteiger partial charge < -0.3 is 4.90 Å². The molecule has 24 heavy (non-hydrogen) atoms. The van der Waals surface area contributed by atoms with Crippen LogP contribution < -0.4 is 0 Å². The van der Waals surface area contributed by atoms with Gasteiger partial charge in [0.15, 0.2) is 0 Å². The first-order chi connectivity index (χ1) is 11.5. The Hall–Kier alpha value is -1.70. The average Bonchev–Trinajstić information content (AvgIpc) is 3.27. The molecule has 7 heteroatoms. The molecule has 5 nitrogen and oxygen atoms in total. The van der Waals surface area contributed by atoms with Crippen LogP contribution in [0.25, 0.3) is 0 Å². The lowest BCUT2D eigenvalue weighted by Gasteiger charge is -2.27. The molecule has 2 heterocycles. The highest BCUT2D eigenvalue weighted by Crippen LogP contribution is 2.29. The van der Waals surface area contributed by atoms with E-state index in [2.05, 4.69) is 0 Å². The maximum absolute atomic E-state index is 12.8. The van der Waals surface area contributed by atoms with E-state index < -0.39 is 16.1 Å². The highest BCUT2D eigenvalue weighted by molar-refractivity contribution is 7.91. The molecule has 1 fully saturated rings. The molecule has 1 unspecified atom stereocenters. The number of sulfonamides is 1. The van der Waals surface area contributed by atoms with Crippen LogP contribution in [-0.2, 0) is 21.4 Å². The van der Waals surface area contributed by atoms with Gasteiger partial charge in [0, 0.05) is 20.1 Å². The summed E-state index contributed by atoms with van der Waals surface area (Å²) >= 11 is 1.19. The van der Waals surface area contributed by atoms with Gasteiger partial charge in [0.05, 0.1) is 0 Å². The van der Waals surface area contributed by atoms with Crippen LogP contribution in [0.2, 0.25) is 0 Å². The lowest BCUT2D eigenvalue weighted by Crippen LogP contribution is -2.46. The molecule has 0 bridgehead atoms. The topological polar surface area (TPSA) is 57.7 Å². The summed E-state index contributed by atoms with van der Waals surface area (Å²) < 4.78 is 27.2. The number of carbonyl (C=O) groups is 1. The fourth-order valence-electron chi connectivity index (χ4n) is 2.99. The van der Waals surface area contributed by atoms with Crippen LogP contribution in [0, 0.1) is 0 Å². The van der Waals surface area contributed by atoms with E-state index in [1.165, 1.54) is 15.6 Å². The van der Waals surface area contributed by atoms with Gasteiger partial charge >= 0.3 is 0 Å². The molecule has 1 aliphatic heterocycles. The van der Waals surface area contributed by atoms with Gasteiger partial charge in [0.25, 0.3) is 10.0 Å². The molecule has 0 radical (unpaired) electrons. The van der Waals surface area contributed by atoms with Crippen LogP contribution in [0.4, 0.5) is 0 Å². The summed E-state index contributed by atoms with van der Waals surface area (Å²) in [6.45, 7) is 0.874. The number of carbonyl (C=O) groups excluding carboxylic acids is 1. The second-order valence-electron chi connectivity index (χ2n) is 5.89. The van der Waals surface area contributed by atoms with E-state index in [4.69, 9.17) is 0 Å². The molecule has 0 N–H and O–H groups in total. The number of amides is 1. The summed E-state index contributed by atoms with van der Waals surface area (Å²) in [7, 11) is -1.87. The Bertz CT molecular complexity index is 789. The minimum absolute atomic E-state index is 0.142. The third-order valence-electron chi connectivity index (χ3n) is 4.19. The van der Waals surface area contributed by atoms with E-state index in [0.29, 0.717) is 30.1 Å².